The Hall–Kier alpha value is -0.940. The predicted octanol–water partition coefficient (Wildman–Crippen LogP) is -1.93. The predicted molar refractivity (Wildman–Crippen MR) is 52.3 cm³/mol. The third-order valence-electron chi connectivity index (χ3n) is 1.80. The van der Waals surface area contributed by atoms with Crippen LogP contribution in [-0.4, -0.2) is 4.37 Å². The summed E-state index contributed by atoms with van der Waals surface area (Å²) in [7, 11) is 0. The molecule has 14 heavy (non-hydrogen) atoms. The maximum atomic E-state index is 5.78. The highest BCUT2D eigenvalue weighted by atomic mass is 79.9. The van der Waals surface area contributed by atoms with Gasteiger partial charge in [-0.2, -0.15) is 4.37 Å². The second-order valence-electron chi connectivity index (χ2n) is 2.74. The Kier molecular flexibility index (Phi) is 4.03. The summed E-state index contributed by atoms with van der Waals surface area (Å²) < 4.78 is 6.19. The van der Waals surface area contributed by atoms with Gasteiger partial charge in [0.05, 0.1) is 11.9 Å². The van der Waals surface area contributed by atoms with Crippen LogP contribution in [0.15, 0.2) is 35.8 Å². The molecule has 74 valence electrons. The second-order valence-corrected chi connectivity index (χ2v) is 3.41. The number of anilines is 1. The zero-order chi connectivity index (χ0) is 9.10. The smallest absolute Gasteiger partial charge is 0.272 e. The van der Waals surface area contributed by atoms with E-state index in [4.69, 9.17) is 5.73 Å². The molecule has 2 rings (SSSR count). The van der Waals surface area contributed by atoms with Crippen molar-refractivity contribution < 1.29 is 21.5 Å². The van der Waals surface area contributed by atoms with Gasteiger partial charge in [-0.05, 0) is 23.7 Å². The fourth-order valence-corrected chi connectivity index (χ4v) is 1.66. The highest BCUT2D eigenvalue weighted by Gasteiger charge is 2.04. The van der Waals surface area contributed by atoms with Crippen molar-refractivity contribution in [2.24, 2.45) is 0 Å². The molecule has 0 saturated heterocycles. The molecule has 2 aromatic heterocycles. The van der Waals surface area contributed by atoms with Crippen molar-refractivity contribution in [3.05, 3.63) is 41.5 Å². The Morgan fingerprint density at radius 3 is 2.86 bits per heavy atom. The standard InChI is InChI=1S/C9H9N3S.BrH/c10-9-3-1-2-5-12(9)7-8-4-6-13-11-8;/h1-6,10H,7H2;1H. The van der Waals surface area contributed by atoms with Crippen LogP contribution in [0, 0.1) is 0 Å². The third-order valence-corrected chi connectivity index (χ3v) is 2.40. The molecule has 0 aliphatic heterocycles. The van der Waals surface area contributed by atoms with Crippen LogP contribution in [0.4, 0.5) is 5.82 Å². The van der Waals surface area contributed by atoms with E-state index in [1.165, 1.54) is 11.5 Å². The van der Waals surface area contributed by atoms with Crippen molar-refractivity contribution in [3.8, 4) is 0 Å². The summed E-state index contributed by atoms with van der Waals surface area (Å²) in [6, 6.07) is 7.77. The molecule has 0 fully saturated rings. The first kappa shape index (κ1) is 11.1. The molecule has 3 nitrogen and oxygen atoms in total. The Labute approximate surface area is 97.1 Å². The number of nitrogens with zero attached hydrogens (tertiary/aromatic N) is 2. The average molecular weight is 272 g/mol. The molecule has 0 bridgehead atoms. The van der Waals surface area contributed by atoms with Crippen LogP contribution in [0.2, 0.25) is 0 Å². The van der Waals surface area contributed by atoms with Crippen molar-refractivity contribution >= 4 is 17.4 Å². The zero-order valence-electron chi connectivity index (χ0n) is 7.43. The minimum absolute atomic E-state index is 0. The zero-order valence-corrected chi connectivity index (χ0v) is 9.83. The van der Waals surface area contributed by atoms with Crippen molar-refractivity contribution in [1.29, 1.82) is 0 Å². The van der Waals surface area contributed by atoms with E-state index in [-0.39, 0.29) is 17.0 Å². The Balaban J connectivity index is 0.000000980. The first-order valence-corrected chi connectivity index (χ1v) is 4.83. The van der Waals surface area contributed by atoms with Gasteiger partial charge in [-0.15, -0.1) is 0 Å². The van der Waals surface area contributed by atoms with Crippen LogP contribution in [-0.2, 0) is 6.54 Å². The number of pyridine rings is 1. The van der Waals surface area contributed by atoms with Gasteiger partial charge in [0.2, 0.25) is 0 Å². The van der Waals surface area contributed by atoms with E-state index >= 15 is 0 Å². The molecule has 0 saturated carbocycles. The second kappa shape index (κ2) is 5.07. The summed E-state index contributed by atoms with van der Waals surface area (Å²) in [5, 5.41) is 1.97. The minimum Gasteiger partial charge on any atom is -1.00 e. The number of aromatic nitrogens is 2. The topological polar surface area (TPSA) is 42.8 Å². The molecule has 0 amide bonds. The maximum absolute atomic E-state index is 5.78. The normalized spacial score (nSPS) is 9.43. The van der Waals surface area contributed by atoms with E-state index in [0.29, 0.717) is 0 Å². The van der Waals surface area contributed by atoms with Crippen molar-refractivity contribution in [1.82, 2.24) is 4.37 Å². The molecular weight excluding hydrogens is 262 g/mol. The van der Waals surface area contributed by atoms with Crippen LogP contribution in [0.1, 0.15) is 5.69 Å². The largest absolute Gasteiger partial charge is 1.00 e. The first-order valence-electron chi connectivity index (χ1n) is 3.99. The molecule has 0 atom stereocenters. The number of nitrogens with two attached hydrogens (primary N) is 1. The van der Waals surface area contributed by atoms with Gasteiger partial charge in [-0.1, -0.05) is 6.07 Å². The van der Waals surface area contributed by atoms with E-state index in [1.807, 2.05) is 40.4 Å². The van der Waals surface area contributed by atoms with E-state index in [0.717, 1.165) is 18.1 Å². The van der Waals surface area contributed by atoms with Gasteiger partial charge in [0, 0.05) is 11.4 Å². The van der Waals surface area contributed by atoms with E-state index in [1.54, 1.807) is 0 Å². The molecule has 0 spiro atoms. The van der Waals surface area contributed by atoms with Crippen molar-refractivity contribution in [2.75, 3.05) is 5.73 Å². The number of nitrogen functional groups attached to an aromatic ring is 1. The van der Waals surface area contributed by atoms with E-state index in [2.05, 4.69) is 4.37 Å². The van der Waals surface area contributed by atoms with E-state index in [9.17, 15) is 0 Å². The molecule has 0 aliphatic carbocycles. The Bertz CT molecular complexity index is 389. The number of halogens is 1. The molecule has 0 radical (unpaired) electrons. The van der Waals surface area contributed by atoms with Gasteiger partial charge in [0.25, 0.3) is 5.82 Å². The van der Waals surface area contributed by atoms with Crippen LogP contribution in [0.3, 0.4) is 0 Å². The molecule has 0 aliphatic rings. The highest BCUT2D eigenvalue weighted by Crippen LogP contribution is 2.00. The fraction of sp³-hybridized carbons (Fsp3) is 0.111. The lowest BCUT2D eigenvalue weighted by molar-refractivity contribution is -0.674. The fourth-order valence-electron chi connectivity index (χ4n) is 1.13. The summed E-state index contributed by atoms with van der Waals surface area (Å²) in [5.41, 5.74) is 6.82. The lowest BCUT2D eigenvalue weighted by atomic mass is 10.4. The van der Waals surface area contributed by atoms with Crippen LogP contribution >= 0.6 is 11.5 Å². The first-order chi connectivity index (χ1) is 6.36. The maximum Gasteiger partial charge on any atom is 0.272 e. The molecule has 2 heterocycles. The number of rotatable bonds is 2. The monoisotopic (exact) mass is 271 g/mol. The molecule has 2 aromatic rings. The Morgan fingerprint density at radius 1 is 1.36 bits per heavy atom. The third kappa shape index (κ3) is 2.52. The summed E-state index contributed by atoms with van der Waals surface area (Å²) in [6.07, 6.45) is 1.95. The van der Waals surface area contributed by atoms with Gasteiger partial charge in [-0.25, -0.2) is 4.57 Å². The SMILES string of the molecule is Nc1cccc[n+]1Cc1ccsn1.[Br-]. The van der Waals surface area contributed by atoms with Crippen molar-refractivity contribution in [2.45, 2.75) is 6.54 Å². The van der Waals surface area contributed by atoms with Crippen LogP contribution in [0.25, 0.3) is 0 Å². The summed E-state index contributed by atoms with van der Waals surface area (Å²) in [6.45, 7) is 0.746. The van der Waals surface area contributed by atoms with Crippen LogP contribution in [0.5, 0.6) is 0 Å². The van der Waals surface area contributed by atoms with Gasteiger partial charge in [-0.3, -0.25) is 5.73 Å². The lowest BCUT2D eigenvalue weighted by Gasteiger charge is -1.98. The van der Waals surface area contributed by atoms with E-state index < -0.39 is 0 Å². The van der Waals surface area contributed by atoms with Gasteiger partial charge >= 0.3 is 0 Å². The lowest BCUT2D eigenvalue weighted by Crippen LogP contribution is -3.00. The molecule has 0 aromatic carbocycles. The molecule has 5 heteroatoms. The summed E-state index contributed by atoms with van der Waals surface area (Å²) >= 11 is 1.46. The van der Waals surface area contributed by atoms with Gasteiger partial charge < -0.3 is 17.0 Å². The quantitative estimate of drug-likeness (QED) is 0.647. The van der Waals surface area contributed by atoms with Gasteiger partial charge in [0.15, 0.2) is 0 Å². The van der Waals surface area contributed by atoms with Crippen molar-refractivity contribution in [3.63, 3.8) is 0 Å². The number of hydrogen-bond donors (Lipinski definition) is 1. The van der Waals surface area contributed by atoms with Gasteiger partial charge in [0.1, 0.15) is 6.54 Å². The molecule has 0 unspecified atom stereocenters. The Morgan fingerprint density at radius 2 is 2.21 bits per heavy atom. The minimum atomic E-state index is 0. The molecule has 2 N–H and O–H groups in total. The number of hydrogen-bond acceptors (Lipinski definition) is 3. The van der Waals surface area contributed by atoms with Crippen LogP contribution < -0.4 is 27.3 Å². The summed E-state index contributed by atoms with van der Waals surface area (Å²) in [4.78, 5) is 0. The highest BCUT2D eigenvalue weighted by molar-refractivity contribution is 7.03. The summed E-state index contributed by atoms with van der Waals surface area (Å²) in [5.74, 6) is 0.760. The average Bonchev–Trinajstić information content (AvgIpc) is 2.61. The molecular formula is C9H10BrN3S.